The summed E-state index contributed by atoms with van der Waals surface area (Å²) in [6.45, 7) is -0.178. The Bertz CT molecular complexity index is 1790. The van der Waals surface area contributed by atoms with Crippen LogP contribution in [-0.2, 0) is 4.79 Å². The van der Waals surface area contributed by atoms with Crippen molar-refractivity contribution >= 4 is 40.3 Å². The summed E-state index contributed by atoms with van der Waals surface area (Å²) in [6, 6.07) is 4.96. The first-order valence-electron chi connectivity index (χ1n) is 12.1. The highest BCUT2D eigenvalue weighted by atomic mass is 35.5. The highest BCUT2D eigenvalue weighted by Gasteiger charge is 2.43. The van der Waals surface area contributed by atoms with Gasteiger partial charge >= 0.3 is 6.18 Å². The van der Waals surface area contributed by atoms with E-state index in [4.69, 9.17) is 11.6 Å². The van der Waals surface area contributed by atoms with Gasteiger partial charge < -0.3 is 10.4 Å². The zero-order chi connectivity index (χ0) is 30.5. The summed E-state index contributed by atoms with van der Waals surface area (Å²) in [4.78, 5) is 44.1. The lowest BCUT2D eigenvalue weighted by Crippen LogP contribution is -2.40. The lowest BCUT2D eigenvalue weighted by molar-refractivity contribution is -0.155. The van der Waals surface area contributed by atoms with Crippen molar-refractivity contribution in [1.82, 2.24) is 14.9 Å². The monoisotopic (exact) mass is 610 g/mol. The van der Waals surface area contributed by atoms with Gasteiger partial charge in [0.05, 0.1) is 24.5 Å². The Morgan fingerprint density at radius 2 is 1.74 bits per heavy atom. The molecular weight excluding hydrogens is 594 g/mol. The molecule has 1 saturated heterocycles. The highest BCUT2D eigenvalue weighted by molar-refractivity contribution is 6.31. The summed E-state index contributed by atoms with van der Waals surface area (Å²) in [5, 5.41) is 10.7. The molecule has 2 unspecified atom stereocenters. The maximum atomic E-state index is 14.9. The standard InChI is InChI=1S/C27H17ClF6N4O4/c28-17-4-2-1-3-14(17)24(27(32,33)34)36-26(42)16-11-38(22-18(30)7-12(29)8-19(22)31)25-15(23(16)41)5-6-20(35-25)37-10-13(39)9-21(37)40/h1-8,11,13,24,39H,9-10H2,(H,36,42). The fraction of sp³-hybridized carbons (Fsp3) is 0.185. The minimum Gasteiger partial charge on any atom is -0.391 e. The first-order chi connectivity index (χ1) is 19.8. The number of nitrogens with one attached hydrogen (secondary N) is 1. The summed E-state index contributed by atoms with van der Waals surface area (Å²) in [7, 11) is 0. The lowest BCUT2D eigenvalue weighted by atomic mass is 10.1. The second kappa shape index (κ2) is 10.8. The van der Waals surface area contributed by atoms with E-state index in [9.17, 15) is 45.8 Å². The summed E-state index contributed by atoms with van der Waals surface area (Å²) in [6.07, 6.45) is -5.78. The van der Waals surface area contributed by atoms with Gasteiger partial charge in [-0.2, -0.15) is 13.2 Å². The van der Waals surface area contributed by atoms with Crippen LogP contribution in [0, 0.1) is 17.5 Å². The maximum Gasteiger partial charge on any atom is 0.412 e. The Kier molecular flexibility index (Phi) is 7.45. The predicted molar refractivity (Wildman–Crippen MR) is 138 cm³/mol. The molecule has 0 radical (unpaired) electrons. The molecule has 0 spiro atoms. The molecule has 2 aromatic heterocycles. The van der Waals surface area contributed by atoms with Crippen LogP contribution in [0.3, 0.4) is 0 Å². The van der Waals surface area contributed by atoms with Crippen LogP contribution in [0.2, 0.25) is 5.02 Å². The average molecular weight is 611 g/mol. The second-order valence-corrected chi connectivity index (χ2v) is 9.74. The van der Waals surface area contributed by atoms with Crippen LogP contribution in [-0.4, -0.2) is 45.3 Å². The lowest BCUT2D eigenvalue weighted by Gasteiger charge is -2.23. The van der Waals surface area contributed by atoms with Gasteiger partial charge in [0, 0.05) is 28.9 Å². The summed E-state index contributed by atoms with van der Waals surface area (Å²) in [5.74, 6) is -6.52. The third-order valence-electron chi connectivity index (χ3n) is 6.50. The molecule has 0 bridgehead atoms. The molecule has 42 heavy (non-hydrogen) atoms. The van der Waals surface area contributed by atoms with Crippen LogP contribution in [0.4, 0.5) is 32.2 Å². The van der Waals surface area contributed by atoms with E-state index in [-0.39, 0.29) is 23.8 Å². The van der Waals surface area contributed by atoms with Crippen molar-refractivity contribution in [3.63, 3.8) is 0 Å². The Balaban J connectivity index is 1.71. The number of carbonyl (C=O) groups excluding carboxylic acids is 2. The van der Waals surface area contributed by atoms with Crippen molar-refractivity contribution in [2.45, 2.75) is 24.7 Å². The zero-order valence-corrected chi connectivity index (χ0v) is 21.7. The molecule has 1 aliphatic heterocycles. The summed E-state index contributed by atoms with van der Waals surface area (Å²) >= 11 is 5.92. The van der Waals surface area contributed by atoms with Crippen molar-refractivity contribution in [2.24, 2.45) is 0 Å². The third kappa shape index (κ3) is 5.30. The van der Waals surface area contributed by atoms with Crippen LogP contribution >= 0.6 is 11.6 Å². The van der Waals surface area contributed by atoms with E-state index in [1.54, 1.807) is 5.32 Å². The van der Waals surface area contributed by atoms with Gasteiger partial charge in [-0.25, -0.2) is 18.2 Å². The minimum absolute atomic E-state index is 0.131. The molecule has 0 aliphatic carbocycles. The number of amides is 2. The quantitative estimate of drug-likeness (QED) is 0.322. The number of alkyl halides is 3. The van der Waals surface area contributed by atoms with Crippen molar-refractivity contribution in [3.05, 3.63) is 98.6 Å². The Hall–Kier alpha value is -4.43. The molecule has 5 rings (SSSR count). The van der Waals surface area contributed by atoms with Gasteiger partial charge in [-0.1, -0.05) is 29.8 Å². The van der Waals surface area contributed by atoms with Crippen molar-refractivity contribution in [1.29, 1.82) is 0 Å². The SMILES string of the molecule is O=C(NC(c1ccccc1Cl)C(F)(F)F)c1cn(-c2c(F)cc(F)cc2F)c2nc(N3CC(O)CC3=O)ccc2c1=O. The van der Waals surface area contributed by atoms with Crippen LogP contribution in [0.5, 0.6) is 0 Å². The second-order valence-electron chi connectivity index (χ2n) is 9.33. The number of anilines is 1. The molecule has 1 aliphatic rings. The average Bonchev–Trinajstić information content (AvgIpc) is 3.25. The third-order valence-corrected chi connectivity index (χ3v) is 6.85. The Morgan fingerprint density at radius 3 is 2.33 bits per heavy atom. The number of aromatic nitrogens is 2. The highest BCUT2D eigenvalue weighted by Crippen LogP contribution is 2.36. The molecule has 4 aromatic rings. The Morgan fingerprint density at radius 1 is 1.07 bits per heavy atom. The molecule has 8 nitrogen and oxygen atoms in total. The van der Waals surface area contributed by atoms with Crippen molar-refractivity contribution in [2.75, 3.05) is 11.4 Å². The molecule has 15 heteroatoms. The molecule has 2 aromatic carbocycles. The van der Waals surface area contributed by atoms with Gasteiger partial charge in [0.25, 0.3) is 5.91 Å². The van der Waals surface area contributed by atoms with Crippen LogP contribution in [0.15, 0.2) is 59.5 Å². The van der Waals surface area contributed by atoms with E-state index in [1.807, 2.05) is 0 Å². The minimum atomic E-state index is -5.07. The number of hydrogen-bond donors (Lipinski definition) is 2. The fourth-order valence-electron chi connectivity index (χ4n) is 4.60. The maximum absolute atomic E-state index is 14.9. The molecule has 2 N–H and O–H groups in total. The van der Waals surface area contributed by atoms with Gasteiger partial charge in [0.15, 0.2) is 23.3 Å². The normalized spacial score (nSPS) is 16.2. The smallest absolute Gasteiger partial charge is 0.391 e. The number of halogens is 7. The number of fused-ring (bicyclic) bond motifs is 1. The number of benzene rings is 2. The van der Waals surface area contributed by atoms with E-state index >= 15 is 0 Å². The van der Waals surface area contributed by atoms with Crippen LogP contribution < -0.4 is 15.6 Å². The number of aliphatic hydroxyl groups excluding tert-OH is 1. The van der Waals surface area contributed by atoms with Gasteiger partial charge in [-0.3, -0.25) is 23.9 Å². The van der Waals surface area contributed by atoms with Crippen LogP contribution in [0.1, 0.15) is 28.4 Å². The number of β-amino-alcohol motifs (C(OH)–C–C–N with tert-alkyl or cyclic N) is 1. The van der Waals surface area contributed by atoms with E-state index in [2.05, 4.69) is 4.98 Å². The number of aliphatic hydroxyl groups is 1. The van der Waals surface area contributed by atoms with E-state index in [0.717, 1.165) is 29.2 Å². The molecule has 3 heterocycles. The topological polar surface area (TPSA) is 105 Å². The first-order valence-corrected chi connectivity index (χ1v) is 12.5. The number of carbonyl (C=O) groups is 2. The Labute approximate surface area is 236 Å². The molecule has 218 valence electrons. The van der Waals surface area contributed by atoms with Gasteiger partial charge in [0.2, 0.25) is 11.3 Å². The predicted octanol–water partition coefficient (Wildman–Crippen LogP) is 4.59. The van der Waals surface area contributed by atoms with Gasteiger partial charge in [-0.15, -0.1) is 0 Å². The van der Waals surface area contributed by atoms with E-state index < -0.39 is 80.9 Å². The largest absolute Gasteiger partial charge is 0.412 e. The molecular formula is C27H17ClF6N4O4. The van der Waals surface area contributed by atoms with Crippen LogP contribution in [0.25, 0.3) is 16.7 Å². The molecule has 1 fully saturated rings. The number of pyridine rings is 2. The van der Waals surface area contributed by atoms with E-state index in [0.29, 0.717) is 22.9 Å². The van der Waals surface area contributed by atoms with Gasteiger partial charge in [-0.05, 0) is 18.2 Å². The number of hydrogen-bond acceptors (Lipinski definition) is 5. The fourth-order valence-corrected chi connectivity index (χ4v) is 4.85. The van der Waals surface area contributed by atoms with Gasteiger partial charge in [0.1, 0.15) is 22.9 Å². The molecule has 0 saturated carbocycles. The summed E-state index contributed by atoms with van der Waals surface area (Å²) in [5.41, 5.74) is -4.17. The molecule has 2 amide bonds. The first kappa shape index (κ1) is 29.1. The number of rotatable bonds is 5. The van der Waals surface area contributed by atoms with Crippen molar-refractivity contribution in [3.8, 4) is 5.69 Å². The summed E-state index contributed by atoms with van der Waals surface area (Å²) < 4.78 is 86.2. The zero-order valence-electron chi connectivity index (χ0n) is 20.9. The van der Waals surface area contributed by atoms with Crippen molar-refractivity contribution < 1.29 is 41.0 Å². The molecule has 2 atom stereocenters. The number of nitrogens with zero attached hydrogens (tertiary/aromatic N) is 3. The van der Waals surface area contributed by atoms with E-state index in [1.165, 1.54) is 12.1 Å².